The van der Waals surface area contributed by atoms with Crippen molar-refractivity contribution in [1.29, 1.82) is 0 Å². The van der Waals surface area contributed by atoms with E-state index in [0.717, 1.165) is 19.3 Å². The summed E-state index contributed by atoms with van der Waals surface area (Å²) in [5.41, 5.74) is 0.447. The van der Waals surface area contributed by atoms with Gasteiger partial charge in [-0.1, -0.05) is 13.3 Å². The molecule has 0 spiro atoms. The van der Waals surface area contributed by atoms with E-state index in [0.29, 0.717) is 28.4 Å². The van der Waals surface area contributed by atoms with E-state index in [9.17, 15) is 9.18 Å². The molecule has 1 aromatic carbocycles. The van der Waals surface area contributed by atoms with Crippen molar-refractivity contribution in [3.05, 3.63) is 34.1 Å². The number of alkyl halides is 1. The smallest absolute Gasteiger partial charge is 0.252 e. The van der Waals surface area contributed by atoms with Crippen LogP contribution in [0, 0.1) is 11.7 Å². The first kappa shape index (κ1) is 16.4. The number of nitrogens with one attached hydrogen (secondary N) is 1. The first-order valence-electron chi connectivity index (χ1n) is 6.37. The predicted molar refractivity (Wildman–Crippen MR) is 80.2 cm³/mol. The maximum Gasteiger partial charge on any atom is 0.252 e. The zero-order valence-corrected chi connectivity index (χ0v) is 13.2. The Hall–Kier alpha value is -0.610. The van der Waals surface area contributed by atoms with Crippen LogP contribution in [0.25, 0.3) is 0 Å². The lowest BCUT2D eigenvalue weighted by Gasteiger charge is -2.16. The summed E-state index contributed by atoms with van der Waals surface area (Å²) < 4.78 is 13.4. The molecule has 2 nitrogen and oxygen atoms in total. The molecule has 0 aliphatic rings. The molecule has 0 fully saturated rings. The minimum Gasteiger partial charge on any atom is -0.352 e. The van der Waals surface area contributed by atoms with Crippen molar-refractivity contribution >= 4 is 33.4 Å². The highest BCUT2D eigenvalue weighted by Crippen LogP contribution is 2.18. The van der Waals surface area contributed by atoms with Crippen LogP contribution in [0.4, 0.5) is 4.39 Å². The Labute approximate surface area is 126 Å². The molecule has 1 amide bonds. The minimum atomic E-state index is -0.366. The third-order valence-corrected chi connectivity index (χ3v) is 3.82. The van der Waals surface area contributed by atoms with Crippen molar-refractivity contribution in [2.45, 2.75) is 26.2 Å². The molecule has 19 heavy (non-hydrogen) atoms. The van der Waals surface area contributed by atoms with E-state index in [2.05, 4.69) is 28.2 Å². The van der Waals surface area contributed by atoms with Crippen LogP contribution in [0.5, 0.6) is 0 Å². The molecular weight excluding hydrogens is 333 g/mol. The summed E-state index contributed by atoms with van der Waals surface area (Å²) in [7, 11) is 0. The van der Waals surface area contributed by atoms with E-state index in [1.54, 1.807) is 0 Å². The Morgan fingerprint density at radius 3 is 2.79 bits per heavy atom. The van der Waals surface area contributed by atoms with Crippen LogP contribution in [0.15, 0.2) is 22.7 Å². The summed E-state index contributed by atoms with van der Waals surface area (Å²) in [5, 5.41) is 2.88. The topological polar surface area (TPSA) is 29.1 Å². The first-order valence-corrected chi connectivity index (χ1v) is 7.70. The van der Waals surface area contributed by atoms with Gasteiger partial charge in [0.1, 0.15) is 5.82 Å². The Morgan fingerprint density at radius 1 is 1.47 bits per heavy atom. The molecule has 0 heterocycles. The first-order chi connectivity index (χ1) is 9.08. The molecule has 1 rings (SSSR count). The van der Waals surface area contributed by atoms with E-state index in [-0.39, 0.29) is 11.7 Å². The molecule has 1 N–H and O–H groups in total. The van der Waals surface area contributed by atoms with Crippen molar-refractivity contribution in [3.63, 3.8) is 0 Å². The third kappa shape index (κ3) is 5.49. The van der Waals surface area contributed by atoms with Gasteiger partial charge in [0.15, 0.2) is 0 Å². The Bertz CT molecular complexity index is 422. The standard InChI is InChI=1S/C14H18BrClFNO/c1-2-3-10(6-7-16)9-18-14(19)12-5-4-11(17)8-13(12)15/h4-5,8,10H,2-3,6-7,9H2,1H3,(H,18,19). The fraction of sp³-hybridized carbons (Fsp3) is 0.500. The highest BCUT2D eigenvalue weighted by molar-refractivity contribution is 9.10. The van der Waals surface area contributed by atoms with Gasteiger partial charge in [0.05, 0.1) is 5.56 Å². The van der Waals surface area contributed by atoms with Gasteiger partial charge in [0.2, 0.25) is 0 Å². The molecule has 5 heteroatoms. The number of halogens is 3. The predicted octanol–water partition coefficient (Wildman–Crippen LogP) is 4.36. The Morgan fingerprint density at radius 2 is 2.21 bits per heavy atom. The van der Waals surface area contributed by atoms with Crippen molar-refractivity contribution in [2.75, 3.05) is 12.4 Å². The van der Waals surface area contributed by atoms with E-state index in [1.807, 2.05) is 0 Å². The average molecular weight is 351 g/mol. The molecule has 0 saturated heterocycles. The fourth-order valence-electron chi connectivity index (χ4n) is 1.92. The van der Waals surface area contributed by atoms with Gasteiger partial charge in [-0.15, -0.1) is 11.6 Å². The monoisotopic (exact) mass is 349 g/mol. The second-order valence-electron chi connectivity index (χ2n) is 4.47. The SMILES string of the molecule is CCCC(CCCl)CNC(=O)c1ccc(F)cc1Br. The van der Waals surface area contributed by atoms with Crippen LogP contribution in [0.2, 0.25) is 0 Å². The largest absolute Gasteiger partial charge is 0.352 e. The van der Waals surface area contributed by atoms with E-state index in [1.165, 1.54) is 18.2 Å². The highest BCUT2D eigenvalue weighted by atomic mass is 79.9. The van der Waals surface area contributed by atoms with Crippen LogP contribution >= 0.6 is 27.5 Å². The summed E-state index contributed by atoms with van der Waals surface area (Å²) >= 11 is 8.94. The number of amides is 1. The molecule has 1 atom stereocenters. The van der Waals surface area contributed by atoms with Crippen LogP contribution in [-0.4, -0.2) is 18.3 Å². The van der Waals surface area contributed by atoms with Gasteiger partial charge in [-0.25, -0.2) is 4.39 Å². The van der Waals surface area contributed by atoms with Crippen LogP contribution in [0.3, 0.4) is 0 Å². The van der Waals surface area contributed by atoms with Crippen LogP contribution < -0.4 is 5.32 Å². The van der Waals surface area contributed by atoms with Crippen molar-refractivity contribution < 1.29 is 9.18 Å². The van der Waals surface area contributed by atoms with Crippen molar-refractivity contribution in [1.82, 2.24) is 5.32 Å². The second kappa shape index (κ2) is 8.54. The van der Waals surface area contributed by atoms with Crippen molar-refractivity contribution in [2.24, 2.45) is 5.92 Å². The van der Waals surface area contributed by atoms with E-state index >= 15 is 0 Å². The number of rotatable bonds is 7. The summed E-state index contributed by atoms with van der Waals surface area (Å²) in [4.78, 5) is 12.0. The molecule has 0 aliphatic heterocycles. The summed E-state index contributed by atoms with van der Waals surface area (Å²) in [6, 6.07) is 4.05. The molecule has 0 aliphatic carbocycles. The lowest BCUT2D eigenvalue weighted by atomic mass is 10.0. The van der Waals surface area contributed by atoms with Gasteiger partial charge in [-0.2, -0.15) is 0 Å². The molecule has 0 aromatic heterocycles. The molecule has 0 radical (unpaired) electrons. The summed E-state index contributed by atoms with van der Waals surface area (Å²) in [6.45, 7) is 2.71. The maximum absolute atomic E-state index is 12.9. The van der Waals surface area contributed by atoms with Gasteiger partial charge >= 0.3 is 0 Å². The number of hydrogen-bond donors (Lipinski definition) is 1. The van der Waals surface area contributed by atoms with Gasteiger partial charge in [0.25, 0.3) is 5.91 Å². The molecule has 0 saturated carbocycles. The van der Waals surface area contributed by atoms with Crippen LogP contribution in [0.1, 0.15) is 36.5 Å². The van der Waals surface area contributed by atoms with Gasteiger partial charge in [0, 0.05) is 16.9 Å². The van der Waals surface area contributed by atoms with Crippen LogP contribution in [-0.2, 0) is 0 Å². The fourth-order valence-corrected chi connectivity index (χ4v) is 2.76. The molecule has 1 unspecified atom stereocenters. The minimum absolute atomic E-state index is 0.192. The third-order valence-electron chi connectivity index (χ3n) is 2.94. The maximum atomic E-state index is 12.9. The zero-order chi connectivity index (χ0) is 14.3. The number of hydrogen-bond acceptors (Lipinski definition) is 1. The highest BCUT2D eigenvalue weighted by Gasteiger charge is 2.13. The zero-order valence-electron chi connectivity index (χ0n) is 10.9. The van der Waals surface area contributed by atoms with E-state index < -0.39 is 0 Å². The number of benzene rings is 1. The normalized spacial score (nSPS) is 12.2. The lowest BCUT2D eigenvalue weighted by molar-refractivity contribution is 0.0945. The summed E-state index contributed by atoms with van der Waals surface area (Å²) in [6.07, 6.45) is 3.00. The second-order valence-corrected chi connectivity index (χ2v) is 5.70. The Kier molecular flexibility index (Phi) is 7.39. The van der Waals surface area contributed by atoms with Gasteiger partial charge in [-0.3, -0.25) is 4.79 Å². The van der Waals surface area contributed by atoms with Crippen molar-refractivity contribution in [3.8, 4) is 0 Å². The summed E-state index contributed by atoms with van der Waals surface area (Å²) in [5.74, 6) is 0.434. The van der Waals surface area contributed by atoms with Gasteiger partial charge in [-0.05, 0) is 52.9 Å². The molecular formula is C14H18BrClFNO. The van der Waals surface area contributed by atoms with Gasteiger partial charge < -0.3 is 5.32 Å². The number of carbonyl (C=O) groups is 1. The molecule has 106 valence electrons. The number of carbonyl (C=O) groups excluding carboxylic acids is 1. The lowest BCUT2D eigenvalue weighted by Crippen LogP contribution is -2.29. The quantitative estimate of drug-likeness (QED) is 0.727. The Balaban J connectivity index is 2.58. The average Bonchev–Trinajstić information content (AvgIpc) is 2.36. The van der Waals surface area contributed by atoms with E-state index in [4.69, 9.17) is 11.6 Å². The molecule has 0 bridgehead atoms. The molecule has 1 aromatic rings.